The van der Waals surface area contributed by atoms with Crippen molar-refractivity contribution in [1.82, 2.24) is 15.6 Å². The fourth-order valence-corrected chi connectivity index (χ4v) is 2.54. The van der Waals surface area contributed by atoms with Crippen molar-refractivity contribution in [3.8, 4) is 0 Å². The number of hydrogen-bond acceptors (Lipinski definition) is 1. The molecular formula is C18H28N4. The molecule has 1 atom stereocenters. The summed E-state index contributed by atoms with van der Waals surface area (Å²) in [5.74, 6) is 1.45. The summed E-state index contributed by atoms with van der Waals surface area (Å²) in [6.45, 7) is 9.63. The van der Waals surface area contributed by atoms with Crippen LogP contribution in [0.1, 0.15) is 31.9 Å². The summed E-state index contributed by atoms with van der Waals surface area (Å²) in [6, 6.07) is 6.79. The van der Waals surface area contributed by atoms with Crippen LogP contribution in [0.15, 0.2) is 29.4 Å². The van der Waals surface area contributed by atoms with Gasteiger partial charge in [0.2, 0.25) is 0 Å². The number of aryl methyl sites for hydroxylation is 1. The van der Waals surface area contributed by atoms with E-state index in [1.54, 1.807) is 0 Å². The molecule has 0 bridgehead atoms. The molecule has 0 aliphatic rings. The van der Waals surface area contributed by atoms with Gasteiger partial charge >= 0.3 is 0 Å². The maximum Gasteiger partial charge on any atom is 0.191 e. The number of aliphatic imine (C=N–C) groups is 1. The Morgan fingerprint density at radius 3 is 2.73 bits per heavy atom. The third-order valence-electron chi connectivity index (χ3n) is 4.27. The molecule has 1 unspecified atom stereocenters. The van der Waals surface area contributed by atoms with E-state index < -0.39 is 0 Å². The van der Waals surface area contributed by atoms with Gasteiger partial charge in [0.25, 0.3) is 0 Å². The van der Waals surface area contributed by atoms with Gasteiger partial charge in [0.1, 0.15) is 0 Å². The Bertz CT molecular complexity index is 640. The summed E-state index contributed by atoms with van der Waals surface area (Å²) in [7, 11) is 1.82. The molecule has 1 aromatic heterocycles. The second kappa shape index (κ2) is 7.34. The van der Waals surface area contributed by atoms with Gasteiger partial charge in [-0.15, -0.1) is 0 Å². The van der Waals surface area contributed by atoms with Gasteiger partial charge in [-0.05, 0) is 43.4 Å². The highest BCUT2D eigenvalue weighted by Crippen LogP contribution is 2.22. The van der Waals surface area contributed by atoms with Gasteiger partial charge in [-0.3, -0.25) is 4.99 Å². The highest BCUT2D eigenvalue weighted by atomic mass is 15.2. The van der Waals surface area contributed by atoms with Crippen LogP contribution in [0.3, 0.4) is 0 Å². The Morgan fingerprint density at radius 2 is 2.05 bits per heavy atom. The van der Waals surface area contributed by atoms with Crippen LogP contribution >= 0.6 is 0 Å². The Morgan fingerprint density at radius 1 is 1.27 bits per heavy atom. The number of benzene rings is 1. The number of aromatic amines is 1. The molecule has 0 amide bonds. The standard InChI is InChI=1S/C18H28N4/c1-12(2)14(4)22-18(19-5)20-10-9-15-11-21-16-8-6-7-13(3)17(15)16/h6-8,11-12,14,21H,9-10H2,1-5H3,(H2,19,20,22). The summed E-state index contributed by atoms with van der Waals surface area (Å²) >= 11 is 0. The second-order valence-electron chi connectivity index (χ2n) is 6.24. The average molecular weight is 300 g/mol. The maximum absolute atomic E-state index is 4.30. The molecule has 2 aromatic rings. The molecule has 4 nitrogen and oxygen atoms in total. The van der Waals surface area contributed by atoms with Crippen LogP contribution in [0, 0.1) is 12.8 Å². The number of aromatic nitrogens is 1. The SMILES string of the molecule is CN=C(NCCc1c[nH]c2cccc(C)c12)NC(C)C(C)C. The predicted octanol–water partition coefficient (Wildman–Crippen LogP) is 3.23. The van der Waals surface area contributed by atoms with Crippen LogP contribution in [0.4, 0.5) is 0 Å². The lowest BCUT2D eigenvalue weighted by molar-refractivity contribution is 0.481. The zero-order valence-electron chi connectivity index (χ0n) is 14.3. The minimum absolute atomic E-state index is 0.404. The Hall–Kier alpha value is -1.97. The smallest absolute Gasteiger partial charge is 0.191 e. The molecule has 0 saturated carbocycles. The van der Waals surface area contributed by atoms with Crippen LogP contribution < -0.4 is 10.6 Å². The van der Waals surface area contributed by atoms with Crippen molar-refractivity contribution in [3.05, 3.63) is 35.5 Å². The van der Waals surface area contributed by atoms with Gasteiger partial charge in [-0.1, -0.05) is 26.0 Å². The van der Waals surface area contributed by atoms with E-state index in [2.05, 4.69) is 72.7 Å². The van der Waals surface area contributed by atoms with Crippen LogP contribution in [-0.4, -0.2) is 30.6 Å². The van der Waals surface area contributed by atoms with E-state index in [9.17, 15) is 0 Å². The zero-order chi connectivity index (χ0) is 16.1. The van der Waals surface area contributed by atoms with Crippen molar-refractivity contribution in [2.75, 3.05) is 13.6 Å². The molecule has 2 rings (SSSR count). The molecule has 1 heterocycles. The van der Waals surface area contributed by atoms with Crippen molar-refractivity contribution in [3.63, 3.8) is 0 Å². The van der Waals surface area contributed by atoms with E-state index >= 15 is 0 Å². The fourth-order valence-electron chi connectivity index (χ4n) is 2.54. The first-order chi connectivity index (χ1) is 10.5. The highest BCUT2D eigenvalue weighted by molar-refractivity contribution is 5.86. The molecule has 1 aromatic carbocycles. The first-order valence-corrected chi connectivity index (χ1v) is 8.05. The van der Waals surface area contributed by atoms with E-state index in [4.69, 9.17) is 0 Å². The lowest BCUT2D eigenvalue weighted by Gasteiger charge is -2.20. The van der Waals surface area contributed by atoms with E-state index in [1.807, 2.05) is 7.05 Å². The molecule has 0 spiro atoms. The Kier molecular flexibility index (Phi) is 5.47. The van der Waals surface area contributed by atoms with Gasteiger partial charge < -0.3 is 15.6 Å². The molecule has 0 fully saturated rings. The molecule has 0 aliphatic carbocycles. The summed E-state index contributed by atoms with van der Waals surface area (Å²) in [5, 5.41) is 8.18. The predicted molar refractivity (Wildman–Crippen MR) is 95.5 cm³/mol. The summed E-state index contributed by atoms with van der Waals surface area (Å²) in [4.78, 5) is 7.65. The Labute approximate surface area is 133 Å². The van der Waals surface area contributed by atoms with E-state index in [0.29, 0.717) is 12.0 Å². The minimum Gasteiger partial charge on any atom is -0.361 e. The largest absolute Gasteiger partial charge is 0.361 e. The lowest BCUT2D eigenvalue weighted by atomic mass is 10.1. The Balaban J connectivity index is 1.95. The molecule has 3 N–H and O–H groups in total. The summed E-state index contributed by atoms with van der Waals surface area (Å²) < 4.78 is 0. The number of guanidine groups is 1. The first kappa shape index (κ1) is 16.4. The van der Waals surface area contributed by atoms with Gasteiger partial charge in [0.05, 0.1) is 0 Å². The molecule has 22 heavy (non-hydrogen) atoms. The highest BCUT2D eigenvalue weighted by Gasteiger charge is 2.09. The molecule has 0 radical (unpaired) electrons. The molecule has 0 aliphatic heterocycles. The quantitative estimate of drug-likeness (QED) is 0.586. The van der Waals surface area contributed by atoms with Gasteiger partial charge in [0.15, 0.2) is 5.96 Å². The van der Waals surface area contributed by atoms with Crippen LogP contribution in [0.25, 0.3) is 10.9 Å². The zero-order valence-corrected chi connectivity index (χ0v) is 14.3. The maximum atomic E-state index is 4.30. The summed E-state index contributed by atoms with van der Waals surface area (Å²) in [5.41, 5.74) is 3.89. The monoisotopic (exact) mass is 300 g/mol. The van der Waals surface area contributed by atoms with Crippen molar-refractivity contribution in [2.24, 2.45) is 10.9 Å². The minimum atomic E-state index is 0.404. The molecule has 4 heteroatoms. The topological polar surface area (TPSA) is 52.2 Å². The summed E-state index contributed by atoms with van der Waals surface area (Å²) in [6.07, 6.45) is 3.09. The van der Waals surface area contributed by atoms with Crippen molar-refractivity contribution >= 4 is 16.9 Å². The third-order valence-corrected chi connectivity index (χ3v) is 4.27. The lowest BCUT2D eigenvalue weighted by Crippen LogP contribution is -2.44. The number of fused-ring (bicyclic) bond motifs is 1. The van der Waals surface area contributed by atoms with Crippen LogP contribution in [0.2, 0.25) is 0 Å². The van der Waals surface area contributed by atoms with Crippen LogP contribution in [-0.2, 0) is 6.42 Å². The first-order valence-electron chi connectivity index (χ1n) is 8.05. The average Bonchev–Trinajstić information content (AvgIpc) is 2.90. The third kappa shape index (κ3) is 3.81. The van der Waals surface area contributed by atoms with Gasteiger partial charge in [-0.25, -0.2) is 0 Å². The van der Waals surface area contributed by atoms with E-state index in [-0.39, 0.29) is 0 Å². The number of nitrogens with zero attached hydrogens (tertiary/aromatic N) is 1. The molecule has 120 valence electrons. The fraction of sp³-hybridized carbons (Fsp3) is 0.500. The second-order valence-corrected chi connectivity index (χ2v) is 6.24. The molecular weight excluding hydrogens is 272 g/mol. The van der Waals surface area contributed by atoms with Gasteiger partial charge in [-0.2, -0.15) is 0 Å². The van der Waals surface area contributed by atoms with Gasteiger partial charge in [0, 0.05) is 36.7 Å². The molecule has 0 saturated heterocycles. The van der Waals surface area contributed by atoms with Crippen LogP contribution in [0.5, 0.6) is 0 Å². The number of nitrogens with one attached hydrogen (secondary N) is 3. The van der Waals surface area contributed by atoms with E-state index in [0.717, 1.165) is 18.9 Å². The van der Waals surface area contributed by atoms with Crippen molar-refractivity contribution in [2.45, 2.75) is 40.2 Å². The number of hydrogen-bond donors (Lipinski definition) is 3. The van der Waals surface area contributed by atoms with Crippen molar-refractivity contribution in [1.29, 1.82) is 0 Å². The number of H-pyrrole nitrogens is 1. The number of rotatable bonds is 5. The normalized spacial score (nSPS) is 13.6. The van der Waals surface area contributed by atoms with Crippen molar-refractivity contribution < 1.29 is 0 Å². The van der Waals surface area contributed by atoms with E-state index in [1.165, 1.54) is 22.0 Å².